The summed E-state index contributed by atoms with van der Waals surface area (Å²) >= 11 is 0. The zero-order valence-electron chi connectivity index (χ0n) is 19.9. The van der Waals surface area contributed by atoms with E-state index in [1.165, 1.54) is 36.4 Å². The molecule has 0 aromatic heterocycles. The van der Waals surface area contributed by atoms with Crippen LogP contribution >= 0.6 is 0 Å². The molecule has 0 aliphatic heterocycles. The van der Waals surface area contributed by atoms with E-state index in [0.717, 1.165) is 18.2 Å². The molecule has 0 amide bonds. The minimum atomic E-state index is -4.79. The van der Waals surface area contributed by atoms with Crippen molar-refractivity contribution >= 4 is 10.8 Å². The van der Waals surface area contributed by atoms with Gasteiger partial charge in [-0.05, 0) is 72.2 Å². The summed E-state index contributed by atoms with van der Waals surface area (Å²) in [5.74, 6) is -6.38. The highest BCUT2D eigenvalue weighted by atomic mass is 19.4. The number of ether oxygens (including phenoxy) is 1. The van der Waals surface area contributed by atoms with Gasteiger partial charge in [0.1, 0.15) is 17.5 Å². The Hall–Kier alpha value is -3.88. The average Bonchev–Trinajstić information content (AvgIpc) is 2.83. The van der Waals surface area contributed by atoms with Crippen LogP contribution in [0.2, 0.25) is 0 Å². The summed E-state index contributed by atoms with van der Waals surface area (Å²) in [6, 6.07) is 10.4. The van der Waals surface area contributed by atoms with Crippen LogP contribution in [-0.4, -0.2) is 12.8 Å². The third-order valence-corrected chi connectivity index (χ3v) is 5.87. The molecule has 0 bridgehead atoms. The van der Waals surface area contributed by atoms with Crippen LogP contribution < -0.4 is 4.74 Å². The summed E-state index contributed by atoms with van der Waals surface area (Å²) in [5, 5.41) is -0.283. The van der Waals surface area contributed by atoms with Crippen molar-refractivity contribution in [2.75, 3.05) is 6.61 Å². The molecule has 4 aromatic rings. The van der Waals surface area contributed by atoms with E-state index in [1.807, 2.05) is 19.1 Å². The lowest BCUT2D eigenvalue weighted by Gasteiger charge is -2.13. The van der Waals surface area contributed by atoms with Crippen molar-refractivity contribution in [2.45, 2.75) is 25.9 Å². The predicted molar refractivity (Wildman–Crippen MR) is 129 cm³/mol. The SMILES string of the molecule is C/C=C/CCc1cc(F)c(-c2ccc(-c3ccc4c(F)c(OCC(F)(F)F)c(F)cc4c3)c(F)c2)c(F)c1. The molecule has 0 atom stereocenters. The van der Waals surface area contributed by atoms with Crippen molar-refractivity contribution < 1.29 is 39.9 Å². The smallest absolute Gasteiger partial charge is 0.422 e. The topological polar surface area (TPSA) is 9.23 Å². The number of halogens is 8. The Morgan fingerprint density at radius 3 is 2.08 bits per heavy atom. The summed E-state index contributed by atoms with van der Waals surface area (Å²) in [4.78, 5) is 0. The Kier molecular flexibility index (Phi) is 7.76. The lowest BCUT2D eigenvalue weighted by molar-refractivity contribution is -0.154. The lowest BCUT2D eigenvalue weighted by Crippen LogP contribution is -2.20. The van der Waals surface area contributed by atoms with E-state index in [4.69, 9.17) is 0 Å². The number of benzene rings is 4. The Bertz CT molecular complexity index is 1500. The van der Waals surface area contributed by atoms with Crippen LogP contribution in [0.5, 0.6) is 5.75 Å². The van der Waals surface area contributed by atoms with Gasteiger partial charge in [-0.2, -0.15) is 13.2 Å². The van der Waals surface area contributed by atoms with Crippen molar-refractivity contribution in [3.8, 4) is 28.0 Å². The Balaban J connectivity index is 1.66. The van der Waals surface area contributed by atoms with E-state index in [-0.39, 0.29) is 33.0 Å². The second-order valence-corrected chi connectivity index (χ2v) is 8.58. The van der Waals surface area contributed by atoms with Gasteiger partial charge in [0.05, 0.1) is 5.56 Å². The molecule has 4 aromatic carbocycles. The first-order chi connectivity index (χ1) is 18.0. The second kappa shape index (κ2) is 10.8. The van der Waals surface area contributed by atoms with Gasteiger partial charge in [0, 0.05) is 10.9 Å². The number of allylic oxidation sites excluding steroid dienone is 2. The van der Waals surface area contributed by atoms with Crippen molar-refractivity contribution in [2.24, 2.45) is 0 Å². The van der Waals surface area contributed by atoms with Gasteiger partial charge in [-0.1, -0.05) is 36.4 Å². The highest BCUT2D eigenvalue weighted by molar-refractivity contribution is 5.89. The van der Waals surface area contributed by atoms with Gasteiger partial charge >= 0.3 is 6.18 Å². The standard InChI is InChI=1S/C29H20F8O/c1-2-3-4-5-16-10-23(31)26(24(32)11-16)18-7-8-20(22(30)13-18)17-6-9-21-19(12-17)14-25(33)28(27(21)34)38-15-29(35,36)37/h2-3,6-14H,4-5,15H2,1H3/b3-2+. The van der Waals surface area contributed by atoms with E-state index in [0.29, 0.717) is 18.4 Å². The van der Waals surface area contributed by atoms with E-state index >= 15 is 4.39 Å². The van der Waals surface area contributed by atoms with Crippen molar-refractivity contribution in [1.82, 2.24) is 0 Å². The number of hydrogen-bond acceptors (Lipinski definition) is 1. The van der Waals surface area contributed by atoms with Gasteiger partial charge in [-0.3, -0.25) is 0 Å². The van der Waals surface area contributed by atoms with Crippen LogP contribution in [0.4, 0.5) is 35.1 Å². The normalized spacial score (nSPS) is 12.0. The quantitative estimate of drug-likeness (QED) is 0.169. The maximum Gasteiger partial charge on any atom is 0.422 e. The van der Waals surface area contributed by atoms with Gasteiger partial charge in [0.25, 0.3) is 0 Å². The first kappa shape index (κ1) is 27.2. The summed E-state index contributed by atoms with van der Waals surface area (Å²) < 4.78 is 115. The predicted octanol–water partition coefficient (Wildman–Crippen LogP) is 9.32. The van der Waals surface area contributed by atoms with Crippen molar-refractivity contribution in [1.29, 1.82) is 0 Å². The Morgan fingerprint density at radius 1 is 0.763 bits per heavy atom. The third kappa shape index (κ3) is 5.82. The average molecular weight is 536 g/mol. The maximum absolute atomic E-state index is 15.1. The largest absolute Gasteiger partial charge is 0.478 e. The molecular weight excluding hydrogens is 516 g/mol. The van der Waals surface area contributed by atoms with E-state index < -0.39 is 47.6 Å². The molecule has 0 fully saturated rings. The molecule has 0 aliphatic rings. The fraction of sp³-hybridized carbons (Fsp3) is 0.172. The first-order valence-electron chi connectivity index (χ1n) is 11.5. The van der Waals surface area contributed by atoms with E-state index in [9.17, 15) is 30.7 Å². The summed E-state index contributed by atoms with van der Waals surface area (Å²) in [5.41, 5.74) is 0.202. The fourth-order valence-corrected chi connectivity index (χ4v) is 4.13. The van der Waals surface area contributed by atoms with Gasteiger partial charge in [-0.15, -0.1) is 0 Å². The van der Waals surface area contributed by atoms with Crippen molar-refractivity contribution in [3.05, 3.63) is 101 Å². The molecule has 0 saturated carbocycles. The lowest BCUT2D eigenvalue weighted by atomic mass is 9.96. The van der Waals surface area contributed by atoms with Crippen LogP contribution in [0, 0.1) is 29.1 Å². The van der Waals surface area contributed by atoms with Crippen LogP contribution in [0.15, 0.2) is 66.7 Å². The molecule has 0 spiro atoms. The minimum absolute atomic E-state index is 0.0161. The first-order valence-corrected chi connectivity index (χ1v) is 11.5. The molecule has 4 rings (SSSR count). The Morgan fingerprint density at radius 2 is 1.45 bits per heavy atom. The van der Waals surface area contributed by atoms with Gasteiger partial charge < -0.3 is 4.74 Å². The molecule has 0 saturated heterocycles. The molecule has 38 heavy (non-hydrogen) atoms. The summed E-state index contributed by atoms with van der Waals surface area (Å²) in [6.45, 7) is -0.0351. The van der Waals surface area contributed by atoms with Crippen molar-refractivity contribution in [3.63, 3.8) is 0 Å². The van der Waals surface area contributed by atoms with E-state index in [1.54, 1.807) is 0 Å². The summed E-state index contributed by atoms with van der Waals surface area (Å²) in [6.07, 6.45) is -0.0435. The third-order valence-electron chi connectivity index (χ3n) is 5.87. The second-order valence-electron chi connectivity index (χ2n) is 8.58. The molecule has 0 N–H and O–H groups in total. The molecule has 1 nitrogen and oxygen atoms in total. The molecule has 0 radical (unpaired) electrons. The maximum atomic E-state index is 15.1. The van der Waals surface area contributed by atoms with Gasteiger partial charge in [0.2, 0.25) is 0 Å². The monoisotopic (exact) mass is 536 g/mol. The van der Waals surface area contributed by atoms with Crippen LogP contribution in [0.3, 0.4) is 0 Å². The highest BCUT2D eigenvalue weighted by Gasteiger charge is 2.30. The number of rotatable bonds is 7. The highest BCUT2D eigenvalue weighted by Crippen LogP contribution is 2.36. The van der Waals surface area contributed by atoms with Gasteiger partial charge in [-0.25, -0.2) is 22.0 Å². The molecule has 198 valence electrons. The number of alkyl halides is 3. The van der Waals surface area contributed by atoms with Crippen LogP contribution in [0.1, 0.15) is 18.9 Å². The van der Waals surface area contributed by atoms with Crippen LogP contribution in [0.25, 0.3) is 33.0 Å². The van der Waals surface area contributed by atoms with Crippen LogP contribution in [-0.2, 0) is 6.42 Å². The molecule has 0 aliphatic carbocycles. The molecule has 9 heteroatoms. The number of fused-ring (bicyclic) bond motifs is 1. The molecular formula is C29H20F8O. The summed E-state index contributed by atoms with van der Waals surface area (Å²) in [7, 11) is 0. The molecule has 0 heterocycles. The zero-order chi connectivity index (χ0) is 27.6. The number of hydrogen-bond donors (Lipinski definition) is 0. The zero-order valence-corrected chi connectivity index (χ0v) is 19.9. The number of aryl methyl sites for hydroxylation is 1. The Labute approximate surface area is 213 Å². The van der Waals surface area contributed by atoms with Gasteiger partial charge in [0.15, 0.2) is 24.0 Å². The van der Waals surface area contributed by atoms with E-state index in [2.05, 4.69) is 4.74 Å². The fourth-order valence-electron chi connectivity index (χ4n) is 4.13. The molecule has 0 unspecified atom stereocenters. The minimum Gasteiger partial charge on any atom is -0.478 e.